The Bertz CT molecular complexity index is 1270. The topological polar surface area (TPSA) is 61.0 Å². The van der Waals surface area contributed by atoms with E-state index in [9.17, 15) is 9.18 Å². The van der Waals surface area contributed by atoms with Crippen molar-refractivity contribution in [2.45, 2.75) is 74.8 Å². The van der Waals surface area contributed by atoms with Gasteiger partial charge in [-0.2, -0.15) is 0 Å². The Morgan fingerprint density at radius 1 is 0.974 bits per heavy atom. The second-order valence-electron chi connectivity index (χ2n) is 8.02. The summed E-state index contributed by atoms with van der Waals surface area (Å²) in [7, 11) is 0. The van der Waals surface area contributed by atoms with Crippen molar-refractivity contribution in [1.82, 2.24) is 14.9 Å². The number of halogens is 1. The van der Waals surface area contributed by atoms with Crippen LogP contribution in [0.25, 0.3) is 10.8 Å². The summed E-state index contributed by atoms with van der Waals surface area (Å²) in [6, 6.07) is 18.4. The van der Waals surface area contributed by atoms with E-state index in [1.165, 1.54) is 12.1 Å². The van der Waals surface area contributed by atoms with Gasteiger partial charge in [0.15, 0.2) is 0 Å². The van der Waals surface area contributed by atoms with Crippen molar-refractivity contribution >= 4 is 22.4 Å². The number of rotatable bonds is 4. The number of aromatic amines is 1. The zero-order valence-electron chi connectivity index (χ0n) is 25.2. The average molecular weight is 535 g/mol. The lowest BCUT2D eigenvalue weighted by Crippen LogP contribution is -2.41. The molecule has 1 aliphatic heterocycles. The lowest BCUT2D eigenvalue weighted by molar-refractivity contribution is -0.117. The number of carbonyl (C=O) groups is 1. The van der Waals surface area contributed by atoms with Crippen molar-refractivity contribution in [3.05, 3.63) is 95.3 Å². The summed E-state index contributed by atoms with van der Waals surface area (Å²) in [4.78, 5) is 22.8. The van der Waals surface area contributed by atoms with Crippen molar-refractivity contribution in [3.63, 3.8) is 0 Å². The highest BCUT2D eigenvalue weighted by Gasteiger charge is 2.32. The third kappa shape index (κ3) is 8.75. The number of nitrogens with one attached hydrogen (secondary N) is 2. The van der Waals surface area contributed by atoms with Crippen molar-refractivity contribution in [2.75, 3.05) is 18.4 Å². The van der Waals surface area contributed by atoms with Gasteiger partial charge < -0.3 is 10.3 Å². The van der Waals surface area contributed by atoms with Crippen molar-refractivity contribution in [3.8, 4) is 0 Å². The maximum atomic E-state index is 14.0. The first kappa shape index (κ1) is 33.5. The molecule has 6 heteroatoms. The Morgan fingerprint density at radius 2 is 1.67 bits per heavy atom. The molecule has 39 heavy (non-hydrogen) atoms. The molecule has 2 N–H and O–H groups in total. The highest BCUT2D eigenvalue weighted by molar-refractivity contribution is 6.03. The maximum absolute atomic E-state index is 14.0. The molecular formula is C33H47FN4O. The van der Waals surface area contributed by atoms with E-state index in [0.29, 0.717) is 6.54 Å². The predicted octanol–water partition coefficient (Wildman–Crippen LogP) is 8.70. The number of imidazole rings is 1. The summed E-state index contributed by atoms with van der Waals surface area (Å²) in [5.41, 5.74) is 4.62. The van der Waals surface area contributed by atoms with E-state index in [1.54, 1.807) is 12.4 Å². The fourth-order valence-electron chi connectivity index (χ4n) is 4.41. The van der Waals surface area contributed by atoms with Crippen LogP contribution in [0.5, 0.6) is 0 Å². The third-order valence-corrected chi connectivity index (χ3v) is 5.85. The van der Waals surface area contributed by atoms with Gasteiger partial charge in [-0.1, -0.05) is 97.4 Å². The van der Waals surface area contributed by atoms with Crippen LogP contribution >= 0.6 is 0 Å². The summed E-state index contributed by atoms with van der Waals surface area (Å²) >= 11 is 0. The molecule has 0 aliphatic carbocycles. The van der Waals surface area contributed by atoms with Crippen LogP contribution < -0.4 is 5.32 Å². The second kappa shape index (κ2) is 17.9. The van der Waals surface area contributed by atoms with E-state index < -0.39 is 0 Å². The molecule has 0 saturated heterocycles. The van der Waals surface area contributed by atoms with E-state index in [4.69, 9.17) is 0 Å². The minimum absolute atomic E-state index is 0.102. The van der Waals surface area contributed by atoms with Crippen molar-refractivity contribution in [2.24, 2.45) is 0 Å². The molecule has 212 valence electrons. The van der Waals surface area contributed by atoms with Gasteiger partial charge in [-0.15, -0.1) is 0 Å². The van der Waals surface area contributed by atoms with Gasteiger partial charge in [0.05, 0.1) is 24.6 Å². The first-order valence-corrected chi connectivity index (χ1v) is 14.4. The highest BCUT2D eigenvalue weighted by Crippen LogP contribution is 2.33. The summed E-state index contributed by atoms with van der Waals surface area (Å²) in [6.07, 6.45) is 2.43. The van der Waals surface area contributed by atoms with Gasteiger partial charge in [0.2, 0.25) is 5.91 Å². The number of carbonyl (C=O) groups excluding carboxylic acids is 1. The fourth-order valence-corrected chi connectivity index (χ4v) is 4.41. The maximum Gasteiger partial charge on any atom is 0.238 e. The lowest BCUT2D eigenvalue weighted by atomic mass is 9.95. The van der Waals surface area contributed by atoms with Crippen LogP contribution in [0.1, 0.15) is 83.9 Å². The standard InChI is InChI=1S/C25H23FN4O.4C2H6/c1-16-8-9-17-4-3-7-21(20(17)12-16)29-23(31)14-30-11-10-22-24(28-15-27-22)25(30)18-5-2-6-19(26)13-18;4*1-2/h2-9,12-13,15,25H,10-11,14H2,1H3,(H,27,28)(H,29,31);4*1-2H3. The van der Waals surface area contributed by atoms with Gasteiger partial charge in [-0.05, 0) is 42.1 Å². The number of amides is 1. The number of aromatic nitrogens is 2. The number of hydrogen-bond donors (Lipinski definition) is 2. The van der Waals surface area contributed by atoms with E-state index in [2.05, 4.69) is 38.4 Å². The first-order chi connectivity index (χ1) is 19.1. The zero-order valence-corrected chi connectivity index (χ0v) is 25.2. The Kier molecular flexibility index (Phi) is 15.4. The van der Waals surface area contributed by atoms with Gasteiger partial charge in [-0.3, -0.25) is 9.69 Å². The van der Waals surface area contributed by atoms with Crippen LogP contribution in [0.3, 0.4) is 0 Å². The molecule has 1 aromatic heterocycles. The van der Waals surface area contributed by atoms with Crippen LogP contribution in [0.4, 0.5) is 10.1 Å². The largest absolute Gasteiger partial charge is 0.348 e. The monoisotopic (exact) mass is 534 g/mol. The molecule has 3 aromatic carbocycles. The molecule has 1 amide bonds. The molecule has 1 unspecified atom stereocenters. The molecular weight excluding hydrogens is 487 g/mol. The second-order valence-corrected chi connectivity index (χ2v) is 8.02. The van der Waals surface area contributed by atoms with E-state index in [0.717, 1.165) is 45.4 Å². The summed E-state index contributed by atoms with van der Waals surface area (Å²) in [5.74, 6) is -0.398. The smallest absolute Gasteiger partial charge is 0.238 e. The number of hydrogen-bond acceptors (Lipinski definition) is 3. The molecule has 1 atom stereocenters. The number of fused-ring (bicyclic) bond motifs is 2. The third-order valence-electron chi connectivity index (χ3n) is 5.85. The molecule has 0 radical (unpaired) electrons. The summed E-state index contributed by atoms with van der Waals surface area (Å²) in [5, 5.41) is 5.18. The van der Waals surface area contributed by atoms with Gasteiger partial charge in [0.1, 0.15) is 5.82 Å². The van der Waals surface area contributed by atoms with Crippen LogP contribution in [0.2, 0.25) is 0 Å². The van der Waals surface area contributed by atoms with Crippen LogP contribution in [0, 0.1) is 12.7 Å². The van der Waals surface area contributed by atoms with E-state index in [1.807, 2.05) is 86.6 Å². The molecule has 0 fully saturated rings. The highest BCUT2D eigenvalue weighted by atomic mass is 19.1. The van der Waals surface area contributed by atoms with Gasteiger partial charge in [0, 0.05) is 29.7 Å². The van der Waals surface area contributed by atoms with Crippen molar-refractivity contribution in [1.29, 1.82) is 0 Å². The quantitative estimate of drug-likeness (QED) is 0.275. The molecule has 4 aromatic rings. The van der Waals surface area contributed by atoms with Gasteiger partial charge >= 0.3 is 0 Å². The zero-order chi connectivity index (χ0) is 29.4. The molecule has 5 rings (SSSR count). The normalized spacial score (nSPS) is 13.5. The van der Waals surface area contributed by atoms with Crippen LogP contribution in [0.15, 0.2) is 67.0 Å². The molecule has 1 aliphatic rings. The predicted molar refractivity (Wildman–Crippen MR) is 165 cm³/mol. The van der Waals surface area contributed by atoms with Crippen LogP contribution in [-0.2, 0) is 11.2 Å². The SMILES string of the molecule is CC.CC.CC.CC.Cc1ccc2cccc(NC(=O)CN3CCc4[nH]cnc4C3c3cccc(F)c3)c2c1. The average Bonchev–Trinajstić information content (AvgIpc) is 3.46. The first-order valence-electron chi connectivity index (χ1n) is 14.4. The summed E-state index contributed by atoms with van der Waals surface area (Å²) in [6.45, 7) is 18.9. The fraction of sp³-hybridized carbons (Fsp3) is 0.394. The molecule has 2 heterocycles. The number of benzene rings is 3. The van der Waals surface area contributed by atoms with Gasteiger partial charge in [0.25, 0.3) is 0 Å². The van der Waals surface area contributed by atoms with Crippen LogP contribution in [-0.4, -0.2) is 33.9 Å². The van der Waals surface area contributed by atoms with E-state index >= 15 is 0 Å². The Balaban J connectivity index is 0.000000874. The Hall–Kier alpha value is -3.51. The van der Waals surface area contributed by atoms with Crippen molar-refractivity contribution < 1.29 is 9.18 Å². The number of H-pyrrole nitrogens is 1. The minimum Gasteiger partial charge on any atom is -0.348 e. The number of anilines is 1. The molecule has 5 nitrogen and oxygen atoms in total. The number of nitrogens with zero attached hydrogens (tertiary/aromatic N) is 2. The van der Waals surface area contributed by atoms with Gasteiger partial charge in [-0.25, -0.2) is 9.37 Å². The Morgan fingerprint density at radius 3 is 2.36 bits per heavy atom. The molecule has 0 bridgehead atoms. The summed E-state index contributed by atoms with van der Waals surface area (Å²) < 4.78 is 14.0. The minimum atomic E-state index is -0.296. The lowest BCUT2D eigenvalue weighted by Gasteiger charge is -2.34. The number of aryl methyl sites for hydroxylation is 1. The van der Waals surface area contributed by atoms with E-state index in [-0.39, 0.29) is 24.3 Å². The molecule has 0 spiro atoms. The Labute approximate surface area is 234 Å². The molecule has 0 saturated carbocycles.